The minimum absolute atomic E-state index is 0.0123. The number of carbonyl (C=O) groups excluding carboxylic acids is 8. The number of rotatable bonds is 18. The predicted molar refractivity (Wildman–Crippen MR) is 275 cm³/mol. The molecule has 8 N–H and O–H groups in total. The van der Waals surface area contributed by atoms with Gasteiger partial charge in [0.15, 0.2) is 0 Å². The number of fused-ring (bicyclic) bond motifs is 2. The Balaban J connectivity index is 1.11. The van der Waals surface area contributed by atoms with E-state index in [1.807, 2.05) is 77.9 Å². The lowest BCUT2D eigenvalue weighted by Gasteiger charge is -2.36. The third-order valence-corrected chi connectivity index (χ3v) is 14.8. The van der Waals surface area contributed by atoms with Gasteiger partial charge in [0.05, 0.1) is 24.2 Å². The van der Waals surface area contributed by atoms with E-state index in [0.717, 1.165) is 60.8 Å². The van der Waals surface area contributed by atoms with E-state index in [9.17, 15) is 38.4 Å². The van der Waals surface area contributed by atoms with Crippen molar-refractivity contribution in [1.29, 1.82) is 0 Å². The number of likely N-dealkylation sites (N-methyl/N-ethyl adjacent to an activating group) is 2. The van der Waals surface area contributed by atoms with Crippen LogP contribution >= 0.6 is 0 Å². The maximum Gasteiger partial charge on any atom is 0.246 e. The van der Waals surface area contributed by atoms with Crippen LogP contribution in [0.25, 0.3) is 0 Å². The molecule has 6 rings (SSSR count). The van der Waals surface area contributed by atoms with Gasteiger partial charge in [0.25, 0.3) is 0 Å². The summed E-state index contributed by atoms with van der Waals surface area (Å²) in [7, 11) is 3.29. The topological polar surface area (TPSA) is 249 Å². The van der Waals surface area contributed by atoms with Crippen LogP contribution in [0.3, 0.4) is 0 Å². The van der Waals surface area contributed by atoms with Crippen LogP contribution in [0.15, 0.2) is 48.5 Å². The first-order chi connectivity index (χ1) is 34.5. The van der Waals surface area contributed by atoms with Gasteiger partial charge in [-0.15, -0.1) is 0 Å². The summed E-state index contributed by atoms with van der Waals surface area (Å²) >= 11 is 0. The Morgan fingerprint density at radius 1 is 0.575 bits per heavy atom. The number of benzene rings is 2. The third kappa shape index (κ3) is 14.2. The molecule has 0 unspecified atom stereocenters. The van der Waals surface area contributed by atoms with Crippen LogP contribution in [0.5, 0.6) is 0 Å². The van der Waals surface area contributed by atoms with E-state index in [4.69, 9.17) is 4.74 Å². The molecule has 2 aliphatic carbocycles. The second-order valence-electron chi connectivity index (χ2n) is 22.4. The molecule has 73 heavy (non-hydrogen) atoms. The average Bonchev–Trinajstić information content (AvgIpc) is 3.98. The highest BCUT2D eigenvalue weighted by atomic mass is 16.5. The fraction of sp³-hybridized carbons (Fsp3) is 0.630. The molecule has 0 aromatic heterocycles. The van der Waals surface area contributed by atoms with Crippen molar-refractivity contribution < 1.29 is 43.1 Å². The number of hydrogen-bond acceptors (Lipinski definition) is 11. The Hall–Kier alpha value is -5.92. The number of carbonyl (C=O) groups is 8. The van der Waals surface area contributed by atoms with Gasteiger partial charge in [-0.05, 0) is 112 Å². The maximum atomic E-state index is 14.5. The molecule has 400 valence electrons. The molecule has 19 heteroatoms. The second-order valence-corrected chi connectivity index (χ2v) is 22.4. The zero-order valence-corrected chi connectivity index (χ0v) is 44.4. The highest BCUT2D eigenvalue weighted by Crippen LogP contribution is 2.33. The second kappa shape index (κ2) is 24.4. The molecule has 2 heterocycles. The molecule has 2 fully saturated rings. The Bertz CT molecular complexity index is 2190. The number of ether oxygens (including phenoxy) is 1. The molecule has 10 atom stereocenters. The minimum atomic E-state index is -0.991. The summed E-state index contributed by atoms with van der Waals surface area (Å²) in [6, 6.07) is 9.03. The fourth-order valence-corrected chi connectivity index (χ4v) is 10.4. The van der Waals surface area contributed by atoms with Crippen LogP contribution in [-0.4, -0.2) is 146 Å². The van der Waals surface area contributed by atoms with Gasteiger partial charge in [-0.25, -0.2) is 0 Å². The Morgan fingerprint density at radius 2 is 0.945 bits per heavy atom. The van der Waals surface area contributed by atoms with Crippen molar-refractivity contribution >= 4 is 47.3 Å². The lowest BCUT2D eigenvalue weighted by molar-refractivity contribution is -0.144. The van der Waals surface area contributed by atoms with Crippen molar-refractivity contribution in [2.75, 3.05) is 40.4 Å². The number of hydrogen-bond donors (Lipinski definition) is 8. The standard InChI is InChI=1S/C54H80N10O9/c1-31(55-9)47(67)61-45(53(3,4)5)51(71)63-27-35(25-41(63)49(69)59-39-23-15-19-33-17-11-13-21-37(33)39)57-43(65)29-73-30-44(66)58-36-26-42(50(70)60-40-24-16-20-34-18-12-14-22-38(34)40)64(28-36)52(72)46(54(6,7)8)62-48(68)32(2)56-10/h11-14,17-18,21-22,31-32,35-36,39-42,45-46,55-56H,15-16,19-20,23-30H2,1-10H3,(H,57,65)(H,58,66)(H,59,69)(H,60,70)(H,61,67)(H,62,68)/t31-,32-,35-,36-,39+,40+,41-,42-,45+,46+/m0/s1. The molecular formula is C54H80N10O9. The van der Waals surface area contributed by atoms with E-state index in [-0.39, 0.29) is 61.6 Å². The summed E-state index contributed by atoms with van der Waals surface area (Å²) < 4.78 is 5.61. The van der Waals surface area contributed by atoms with Crippen molar-refractivity contribution in [2.45, 2.75) is 167 Å². The summed E-state index contributed by atoms with van der Waals surface area (Å²) in [6.45, 7) is 13.3. The smallest absolute Gasteiger partial charge is 0.246 e. The molecule has 0 bridgehead atoms. The normalized spacial score (nSPS) is 23.4. The molecule has 0 spiro atoms. The van der Waals surface area contributed by atoms with E-state index in [1.165, 1.54) is 9.80 Å². The summed E-state index contributed by atoms with van der Waals surface area (Å²) in [4.78, 5) is 114. The van der Waals surface area contributed by atoms with Gasteiger partial charge >= 0.3 is 0 Å². The fourth-order valence-electron chi connectivity index (χ4n) is 10.4. The van der Waals surface area contributed by atoms with Gasteiger partial charge in [0.2, 0.25) is 47.3 Å². The molecule has 0 radical (unpaired) electrons. The average molecular weight is 1010 g/mol. The van der Waals surface area contributed by atoms with Gasteiger partial charge in [-0.2, -0.15) is 0 Å². The van der Waals surface area contributed by atoms with E-state index in [2.05, 4.69) is 54.7 Å². The number of likely N-dealkylation sites (tertiary alicyclic amines) is 2. The molecule has 4 aliphatic rings. The molecule has 8 amide bonds. The Morgan fingerprint density at radius 3 is 1.30 bits per heavy atom. The van der Waals surface area contributed by atoms with Crippen molar-refractivity contribution in [2.24, 2.45) is 10.8 Å². The zero-order chi connectivity index (χ0) is 53.4. The number of aryl methyl sites for hydroxylation is 2. The molecule has 2 aliphatic heterocycles. The summed E-state index contributed by atoms with van der Waals surface area (Å²) in [5, 5.41) is 23.7. The van der Waals surface area contributed by atoms with Crippen LogP contribution in [0, 0.1) is 10.8 Å². The molecule has 2 saturated heterocycles. The summed E-state index contributed by atoms with van der Waals surface area (Å²) in [5.41, 5.74) is 2.91. The lowest BCUT2D eigenvalue weighted by Crippen LogP contribution is -2.59. The molecule has 2 aromatic carbocycles. The summed E-state index contributed by atoms with van der Waals surface area (Å²) in [5.74, 6) is -3.53. The van der Waals surface area contributed by atoms with Gasteiger partial charge < -0.3 is 57.1 Å². The van der Waals surface area contributed by atoms with Crippen molar-refractivity contribution in [3.05, 3.63) is 70.8 Å². The van der Waals surface area contributed by atoms with Gasteiger partial charge in [-0.1, -0.05) is 90.1 Å². The van der Waals surface area contributed by atoms with E-state index in [1.54, 1.807) is 27.9 Å². The lowest BCUT2D eigenvalue weighted by atomic mass is 9.85. The first kappa shape index (κ1) is 56.4. The van der Waals surface area contributed by atoms with E-state index >= 15 is 0 Å². The Labute approximate surface area is 430 Å². The first-order valence-electron chi connectivity index (χ1n) is 26.0. The molecule has 0 saturated carbocycles. The van der Waals surface area contributed by atoms with Crippen LogP contribution in [0.2, 0.25) is 0 Å². The molecular weight excluding hydrogens is 933 g/mol. The SMILES string of the molecule is CN[C@@H](C)C(=O)N[C@H](C(=O)N1C[C@@H](NC(=O)COCC(=O)N[C@H]2C[C@@H](C(=O)N[C@@H]3CCCc4ccccc43)N(C(=O)[C@@H](NC(=O)[C@H](C)NC)C(C)(C)C)C2)C[C@H]1C(=O)N[C@@H]1CCCc2ccccc21)C(C)(C)C. The largest absolute Gasteiger partial charge is 0.362 e. The minimum Gasteiger partial charge on any atom is -0.362 e. The first-order valence-corrected chi connectivity index (χ1v) is 26.0. The van der Waals surface area contributed by atoms with Crippen LogP contribution in [0.4, 0.5) is 0 Å². The zero-order valence-electron chi connectivity index (χ0n) is 44.4. The molecule has 19 nitrogen and oxygen atoms in total. The van der Waals surface area contributed by atoms with Crippen LogP contribution in [-0.2, 0) is 55.9 Å². The number of amides is 8. The van der Waals surface area contributed by atoms with Crippen molar-refractivity contribution in [3.8, 4) is 0 Å². The maximum absolute atomic E-state index is 14.5. The van der Waals surface area contributed by atoms with Gasteiger partial charge in [0.1, 0.15) is 37.4 Å². The van der Waals surface area contributed by atoms with Gasteiger partial charge in [-0.3, -0.25) is 38.4 Å². The number of nitrogens with one attached hydrogen (secondary N) is 8. The van der Waals surface area contributed by atoms with Gasteiger partial charge in [0, 0.05) is 25.2 Å². The number of nitrogens with zero attached hydrogens (tertiary/aromatic N) is 2. The van der Waals surface area contributed by atoms with E-state index in [0.29, 0.717) is 0 Å². The van der Waals surface area contributed by atoms with Crippen molar-refractivity contribution in [1.82, 2.24) is 52.3 Å². The monoisotopic (exact) mass is 1010 g/mol. The van der Waals surface area contributed by atoms with E-state index < -0.39 is 96.0 Å². The highest BCUT2D eigenvalue weighted by Gasteiger charge is 2.48. The highest BCUT2D eigenvalue weighted by molar-refractivity contribution is 5.95. The summed E-state index contributed by atoms with van der Waals surface area (Å²) in [6.07, 6.45) is 5.24. The van der Waals surface area contributed by atoms with Crippen LogP contribution < -0.4 is 42.5 Å². The quantitative estimate of drug-likeness (QED) is 0.107. The Kier molecular flexibility index (Phi) is 18.9. The van der Waals surface area contributed by atoms with Crippen LogP contribution in [0.1, 0.15) is 128 Å². The third-order valence-electron chi connectivity index (χ3n) is 14.8. The predicted octanol–water partition coefficient (Wildman–Crippen LogP) is 1.84. The van der Waals surface area contributed by atoms with Crippen molar-refractivity contribution in [3.63, 3.8) is 0 Å². The molecule has 2 aromatic rings.